The Morgan fingerprint density at radius 2 is 1.84 bits per heavy atom. The third-order valence-electron chi connectivity index (χ3n) is 3.71. The Morgan fingerprint density at radius 3 is 2.37 bits per heavy atom. The second kappa shape index (κ2) is 9.54. The summed E-state index contributed by atoms with van der Waals surface area (Å²) in [6, 6.07) is 0.400. The van der Waals surface area contributed by atoms with Crippen LogP contribution in [0.25, 0.3) is 0 Å². The standard InChI is InChI=1S/C15H28BrN3/c1-4-5-6-7-8-9-10-11-14(17-2)15-13(16)12-18-19(15)3/h12,14,17H,4-11H2,1-3H3. The summed E-state index contributed by atoms with van der Waals surface area (Å²) in [6.45, 7) is 2.27. The molecule has 1 rings (SSSR count). The number of rotatable bonds is 10. The Labute approximate surface area is 126 Å². The number of halogens is 1. The molecular formula is C15H28BrN3. The minimum Gasteiger partial charge on any atom is -0.312 e. The fraction of sp³-hybridized carbons (Fsp3) is 0.800. The largest absolute Gasteiger partial charge is 0.312 e. The summed E-state index contributed by atoms with van der Waals surface area (Å²) in [7, 11) is 4.04. The zero-order chi connectivity index (χ0) is 14.1. The molecule has 4 heteroatoms. The molecule has 1 aromatic rings. The summed E-state index contributed by atoms with van der Waals surface area (Å²) < 4.78 is 3.07. The van der Waals surface area contributed by atoms with Gasteiger partial charge in [-0.15, -0.1) is 0 Å². The molecule has 0 aliphatic carbocycles. The van der Waals surface area contributed by atoms with E-state index >= 15 is 0 Å². The summed E-state index contributed by atoms with van der Waals surface area (Å²) in [5.74, 6) is 0. The molecule has 0 saturated heterocycles. The normalized spacial score (nSPS) is 12.8. The van der Waals surface area contributed by atoms with Crippen LogP contribution in [0.2, 0.25) is 0 Å². The lowest BCUT2D eigenvalue weighted by Crippen LogP contribution is -2.19. The molecular weight excluding hydrogens is 302 g/mol. The van der Waals surface area contributed by atoms with Crippen LogP contribution in [0.15, 0.2) is 10.7 Å². The molecule has 1 heterocycles. The fourth-order valence-electron chi connectivity index (χ4n) is 2.54. The molecule has 110 valence electrons. The molecule has 0 aliphatic heterocycles. The van der Waals surface area contributed by atoms with Crippen LogP contribution in [0.3, 0.4) is 0 Å². The summed E-state index contributed by atoms with van der Waals surface area (Å²) >= 11 is 3.59. The van der Waals surface area contributed by atoms with Crippen molar-refractivity contribution in [3.63, 3.8) is 0 Å². The van der Waals surface area contributed by atoms with Gasteiger partial charge >= 0.3 is 0 Å². The molecule has 1 N–H and O–H groups in total. The first-order chi connectivity index (χ1) is 9.20. The lowest BCUT2D eigenvalue weighted by Gasteiger charge is -2.17. The predicted molar refractivity (Wildman–Crippen MR) is 85.3 cm³/mol. The van der Waals surface area contributed by atoms with Crippen LogP contribution >= 0.6 is 15.9 Å². The van der Waals surface area contributed by atoms with Gasteiger partial charge in [-0.05, 0) is 29.4 Å². The van der Waals surface area contributed by atoms with Gasteiger partial charge in [0.1, 0.15) is 0 Å². The number of nitrogens with one attached hydrogen (secondary N) is 1. The van der Waals surface area contributed by atoms with E-state index in [9.17, 15) is 0 Å². The SMILES string of the molecule is CCCCCCCCCC(NC)c1c(Br)cnn1C. The van der Waals surface area contributed by atoms with Crippen LogP contribution in [0.4, 0.5) is 0 Å². The van der Waals surface area contributed by atoms with Crippen molar-refractivity contribution >= 4 is 15.9 Å². The van der Waals surface area contributed by atoms with Gasteiger partial charge < -0.3 is 5.32 Å². The Bertz CT molecular complexity index is 330. The maximum absolute atomic E-state index is 4.29. The van der Waals surface area contributed by atoms with Crippen molar-refractivity contribution in [2.75, 3.05) is 7.05 Å². The highest BCUT2D eigenvalue weighted by atomic mass is 79.9. The fourth-order valence-corrected chi connectivity index (χ4v) is 3.16. The first-order valence-corrected chi connectivity index (χ1v) is 8.34. The molecule has 0 bridgehead atoms. The highest BCUT2D eigenvalue weighted by molar-refractivity contribution is 9.10. The van der Waals surface area contributed by atoms with Crippen LogP contribution in [-0.4, -0.2) is 16.8 Å². The van der Waals surface area contributed by atoms with E-state index in [-0.39, 0.29) is 0 Å². The van der Waals surface area contributed by atoms with Crippen LogP contribution in [0, 0.1) is 0 Å². The second-order valence-corrected chi connectivity index (χ2v) is 6.11. The molecule has 0 radical (unpaired) electrons. The summed E-state index contributed by atoms with van der Waals surface area (Å²) in [6.07, 6.45) is 12.6. The van der Waals surface area contributed by atoms with Gasteiger partial charge in [-0.3, -0.25) is 4.68 Å². The van der Waals surface area contributed by atoms with E-state index < -0.39 is 0 Å². The van der Waals surface area contributed by atoms with Crippen molar-refractivity contribution in [1.29, 1.82) is 0 Å². The van der Waals surface area contributed by atoms with Crippen molar-refractivity contribution in [2.24, 2.45) is 7.05 Å². The van der Waals surface area contributed by atoms with Crippen molar-refractivity contribution < 1.29 is 0 Å². The van der Waals surface area contributed by atoms with Gasteiger partial charge in [-0.25, -0.2) is 0 Å². The van der Waals surface area contributed by atoms with Crippen LogP contribution in [-0.2, 0) is 7.05 Å². The quantitative estimate of drug-likeness (QED) is 0.636. The number of hydrogen-bond donors (Lipinski definition) is 1. The second-order valence-electron chi connectivity index (χ2n) is 5.25. The van der Waals surface area contributed by atoms with Gasteiger partial charge in [0.05, 0.1) is 22.4 Å². The molecule has 0 saturated carbocycles. The molecule has 1 atom stereocenters. The molecule has 0 aromatic carbocycles. The van der Waals surface area contributed by atoms with Gasteiger partial charge in [-0.2, -0.15) is 5.10 Å². The van der Waals surface area contributed by atoms with Crippen LogP contribution in [0.5, 0.6) is 0 Å². The van der Waals surface area contributed by atoms with E-state index in [2.05, 4.69) is 33.3 Å². The Kier molecular flexibility index (Phi) is 8.38. The number of hydrogen-bond acceptors (Lipinski definition) is 2. The van der Waals surface area contributed by atoms with E-state index in [1.807, 2.05) is 25.0 Å². The topological polar surface area (TPSA) is 29.9 Å². The maximum Gasteiger partial charge on any atom is 0.0692 e. The van der Waals surface area contributed by atoms with Crippen molar-refractivity contribution in [3.05, 3.63) is 16.4 Å². The minimum absolute atomic E-state index is 0.400. The van der Waals surface area contributed by atoms with E-state index in [4.69, 9.17) is 0 Å². The number of aromatic nitrogens is 2. The van der Waals surface area contributed by atoms with Gasteiger partial charge in [0.15, 0.2) is 0 Å². The lowest BCUT2D eigenvalue weighted by molar-refractivity contribution is 0.469. The Hall–Kier alpha value is -0.350. The van der Waals surface area contributed by atoms with Crippen LogP contribution < -0.4 is 5.32 Å². The van der Waals surface area contributed by atoms with Gasteiger partial charge in [-0.1, -0.05) is 51.9 Å². The molecule has 1 aromatic heterocycles. The van der Waals surface area contributed by atoms with Crippen molar-refractivity contribution in [2.45, 2.75) is 64.3 Å². The maximum atomic E-state index is 4.29. The van der Waals surface area contributed by atoms with Gasteiger partial charge in [0.2, 0.25) is 0 Å². The zero-order valence-corrected chi connectivity index (χ0v) is 14.2. The first-order valence-electron chi connectivity index (χ1n) is 7.55. The van der Waals surface area contributed by atoms with Crippen molar-refractivity contribution in [1.82, 2.24) is 15.1 Å². The number of unbranched alkanes of at least 4 members (excludes halogenated alkanes) is 6. The highest BCUT2D eigenvalue weighted by Gasteiger charge is 2.16. The molecule has 0 spiro atoms. The number of nitrogens with zero attached hydrogens (tertiary/aromatic N) is 2. The highest BCUT2D eigenvalue weighted by Crippen LogP contribution is 2.26. The molecule has 3 nitrogen and oxygen atoms in total. The van der Waals surface area contributed by atoms with E-state index in [0.717, 1.165) is 4.47 Å². The van der Waals surface area contributed by atoms with Crippen molar-refractivity contribution in [3.8, 4) is 0 Å². The monoisotopic (exact) mass is 329 g/mol. The van der Waals surface area contributed by atoms with E-state index in [1.54, 1.807) is 0 Å². The molecule has 0 amide bonds. The van der Waals surface area contributed by atoms with Gasteiger partial charge in [0.25, 0.3) is 0 Å². The minimum atomic E-state index is 0.400. The van der Waals surface area contributed by atoms with E-state index in [1.165, 1.54) is 57.1 Å². The summed E-state index contributed by atoms with van der Waals surface area (Å²) in [5.41, 5.74) is 1.26. The zero-order valence-electron chi connectivity index (χ0n) is 12.6. The molecule has 19 heavy (non-hydrogen) atoms. The number of aryl methyl sites for hydroxylation is 1. The Morgan fingerprint density at radius 1 is 1.21 bits per heavy atom. The first kappa shape index (κ1) is 16.7. The third-order valence-corrected chi connectivity index (χ3v) is 4.32. The van der Waals surface area contributed by atoms with E-state index in [0.29, 0.717) is 6.04 Å². The molecule has 1 unspecified atom stereocenters. The molecule has 0 fully saturated rings. The lowest BCUT2D eigenvalue weighted by atomic mass is 10.0. The van der Waals surface area contributed by atoms with Gasteiger partial charge in [0, 0.05) is 7.05 Å². The van der Waals surface area contributed by atoms with Crippen LogP contribution in [0.1, 0.15) is 70.0 Å². The third kappa shape index (κ3) is 5.65. The average Bonchev–Trinajstić information content (AvgIpc) is 2.73. The average molecular weight is 330 g/mol. The summed E-state index contributed by atoms with van der Waals surface area (Å²) in [5, 5.41) is 7.70. The molecule has 0 aliphatic rings. The summed E-state index contributed by atoms with van der Waals surface area (Å²) in [4.78, 5) is 0. The predicted octanol–water partition coefficient (Wildman–Crippen LogP) is 4.58. The Balaban J connectivity index is 2.26. The smallest absolute Gasteiger partial charge is 0.0692 e.